The first-order chi connectivity index (χ1) is 6.54. The third kappa shape index (κ3) is 2.47. The number of Topliss-reactive ketones (excluding diaryl/α,β-unsaturated/α-hetero) is 1. The van der Waals surface area contributed by atoms with Gasteiger partial charge in [-0.1, -0.05) is 11.6 Å². The first kappa shape index (κ1) is 11.0. The quantitative estimate of drug-likeness (QED) is 0.780. The van der Waals surface area contributed by atoms with E-state index in [1.54, 1.807) is 25.1 Å². The van der Waals surface area contributed by atoms with Gasteiger partial charge in [0.2, 0.25) is 0 Å². The summed E-state index contributed by atoms with van der Waals surface area (Å²) in [7, 11) is 1.52. The van der Waals surface area contributed by atoms with Crippen molar-refractivity contribution >= 4 is 17.4 Å². The number of hydrogen-bond acceptors (Lipinski definition) is 3. The maximum atomic E-state index is 11.5. The monoisotopic (exact) mass is 213 g/mol. The summed E-state index contributed by atoms with van der Waals surface area (Å²) in [6, 6.07) is 4.31. The van der Waals surface area contributed by atoms with Crippen LogP contribution in [0.25, 0.3) is 0 Å². The van der Waals surface area contributed by atoms with Crippen LogP contribution in [0.2, 0.25) is 5.02 Å². The fourth-order valence-electron chi connectivity index (χ4n) is 1.09. The zero-order chi connectivity index (χ0) is 10.7. The highest BCUT2D eigenvalue weighted by Gasteiger charge is 2.12. The number of ketones is 1. The van der Waals surface area contributed by atoms with Gasteiger partial charge in [-0.05, 0) is 25.1 Å². The lowest BCUT2D eigenvalue weighted by atomic mass is 10.1. The minimum Gasteiger partial charge on any atom is -0.497 e. The molecule has 1 rings (SSSR count). The van der Waals surface area contributed by atoms with Crippen LogP contribution in [-0.4, -0.2) is 18.9 Å². The van der Waals surface area contributed by atoms with Crippen molar-refractivity contribution in [1.29, 1.82) is 0 Å². The second kappa shape index (κ2) is 4.44. The fraction of sp³-hybridized carbons (Fsp3) is 0.300. The summed E-state index contributed by atoms with van der Waals surface area (Å²) in [5.41, 5.74) is 5.95. The van der Waals surface area contributed by atoms with E-state index in [1.807, 2.05) is 0 Å². The van der Waals surface area contributed by atoms with Crippen LogP contribution in [0, 0.1) is 0 Å². The van der Waals surface area contributed by atoms with Crippen molar-refractivity contribution in [2.24, 2.45) is 5.73 Å². The zero-order valence-electron chi connectivity index (χ0n) is 8.08. The Morgan fingerprint density at radius 3 is 2.64 bits per heavy atom. The number of halogens is 1. The molecule has 3 nitrogen and oxygen atoms in total. The number of carbonyl (C=O) groups excluding carboxylic acids is 1. The summed E-state index contributed by atoms with van der Waals surface area (Å²) in [5, 5.41) is 0.466. The molecule has 0 saturated heterocycles. The van der Waals surface area contributed by atoms with Gasteiger partial charge in [-0.2, -0.15) is 0 Å². The van der Waals surface area contributed by atoms with Crippen LogP contribution in [0.3, 0.4) is 0 Å². The van der Waals surface area contributed by atoms with Crippen LogP contribution >= 0.6 is 11.6 Å². The molecule has 0 fully saturated rings. The van der Waals surface area contributed by atoms with Gasteiger partial charge in [-0.25, -0.2) is 0 Å². The molecule has 0 aliphatic carbocycles. The molecule has 1 atom stereocenters. The number of hydrogen-bond donors (Lipinski definition) is 1. The van der Waals surface area contributed by atoms with Crippen molar-refractivity contribution in [3.8, 4) is 5.75 Å². The summed E-state index contributed by atoms with van der Waals surface area (Å²) < 4.78 is 4.99. The molecule has 0 radical (unpaired) electrons. The highest BCUT2D eigenvalue weighted by Crippen LogP contribution is 2.21. The van der Waals surface area contributed by atoms with Crippen molar-refractivity contribution in [1.82, 2.24) is 0 Å². The Bertz CT molecular complexity index is 350. The Labute approximate surface area is 87.8 Å². The molecule has 0 saturated carbocycles. The van der Waals surface area contributed by atoms with Gasteiger partial charge in [-0.15, -0.1) is 0 Å². The topological polar surface area (TPSA) is 52.3 Å². The van der Waals surface area contributed by atoms with E-state index in [0.29, 0.717) is 16.3 Å². The third-order valence-corrected chi connectivity index (χ3v) is 2.02. The van der Waals surface area contributed by atoms with Crippen LogP contribution in [-0.2, 0) is 0 Å². The molecule has 0 aromatic heterocycles. The molecule has 0 bridgehead atoms. The number of carbonyl (C=O) groups is 1. The summed E-state index contributed by atoms with van der Waals surface area (Å²) in [4.78, 5) is 11.5. The number of rotatable bonds is 3. The maximum absolute atomic E-state index is 11.5. The van der Waals surface area contributed by atoms with Gasteiger partial charge >= 0.3 is 0 Å². The average Bonchev–Trinajstić information content (AvgIpc) is 2.15. The lowest BCUT2D eigenvalue weighted by Gasteiger charge is -2.07. The van der Waals surface area contributed by atoms with E-state index < -0.39 is 6.04 Å². The Hall–Kier alpha value is -1.06. The summed E-state index contributed by atoms with van der Waals surface area (Å²) in [5.74, 6) is 0.410. The Balaban J connectivity index is 3.09. The summed E-state index contributed by atoms with van der Waals surface area (Å²) in [6.07, 6.45) is 0. The molecule has 1 aromatic rings. The molecular formula is C10H12ClNO2. The lowest BCUT2D eigenvalue weighted by Crippen LogP contribution is -2.26. The second-order valence-electron chi connectivity index (χ2n) is 3.03. The fourth-order valence-corrected chi connectivity index (χ4v) is 1.31. The molecule has 1 unspecified atom stereocenters. The summed E-state index contributed by atoms with van der Waals surface area (Å²) in [6.45, 7) is 1.63. The third-order valence-electron chi connectivity index (χ3n) is 1.81. The van der Waals surface area contributed by atoms with E-state index in [1.165, 1.54) is 7.11 Å². The Kier molecular flexibility index (Phi) is 3.49. The van der Waals surface area contributed by atoms with E-state index >= 15 is 0 Å². The molecule has 1 aromatic carbocycles. The van der Waals surface area contributed by atoms with E-state index in [4.69, 9.17) is 22.1 Å². The molecule has 2 N–H and O–H groups in total. The zero-order valence-corrected chi connectivity index (χ0v) is 8.84. The SMILES string of the molecule is COc1cc(Cl)cc(C(=O)C(C)N)c1. The van der Waals surface area contributed by atoms with Crippen molar-refractivity contribution in [2.75, 3.05) is 7.11 Å². The van der Waals surface area contributed by atoms with Gasteiger partial charge in [0.15, 0.2) is 5.78 Å². The van der Waals surface area contributed by atoms with Gasteiger partial charge in [0.1, 0.15) is 5.75 Å². The van der Waals surface area contributed by atoms with Crippen LogP contribution in [0.4, 0.5) is 0 Å². The van der Waals surface area contributed by atoms with Gasteiger partial charge in [-0.3, -0.25) is 4.79 Å². The lowest BCUT2D eigenvalue weighted by molar-refractivity contribution is 0.0967. The Morgan fingerprint density at radius 1 is 1.50 bits per heavy atom. The van der Waals surface area contributed by atoms with Crippen molar-refractivity contribution in [2.45, 2.75) is 13.0 Å². The molecule has 4 heteroatoms. The highest BCUT2D eigenvalue weighted by molar-refractivity contribution is 6.31. The van der Waals surface area contributed by atoms with Crippen LogP contribution in [0.5, 0.6) is 5.75 Å². The highest BCUT2D eigenvalue weighted by atomic mass is 35.5. The van der Waals surface area contributed by atoms with Gasteiger partial charge in [0.25, 0.3) is 0 Å². The van der Waals surface area contributed by atoms with E-state index in [-0.39, 0.29) is 5.78 Å². The van der Waals surface area contributed by atoms with E-state index in [0.717, 1.165) is 0 Å². The van der Waals surface area contributed by atoms with Gasteiger partial charge in [0.05, 0.1) is 13.2 Å². The molecular weight excluding hydrogens is 202 g/mol. The molecule has 0 heterocycles. The molecule has 0 aliphatic rings. The number of benzene rings is 1. The minimum atomic E-state index is -0.529. The number of nitrogens with two attached hydrogens (primary N) is 1. The van der Waals surface area contributed by atoms with Crippen LogP contribution < -0.4 is 10.5 Å². The largest absolute Gasteiger partial charge is 0.497 e. The molecule has 0 spiro atoms. The first-order valence-corrected chi connectivity index (χ1v) is 4.56. The van der Waals surface area contributed by atoms with Gasteiger partial charge in [0, 0.05) is 10.6 Å². The number of methoxy groups -OCH3 is 1. The Morgan fingerprint density at radius 2 is 2.14 bits per heavy atom. The smallest absolute Gasteiger partial charge is 0.179 e. The van der Waals surface area contributed by atoms with Crippen molar-refractivity contribution in [3.63, 3.8) is 0 Å². The second-order valence-corrected chi connectivity index (χ2v) is 3.47. The van der Waals surface area contributed by atoms with Gasteiger partial charge < -0.3 is 10.5 Å². The van der Waals surface area contributed by atoms with E-state index in [9.17, 15) is 4.79 Å². The summed E-state index contributed by atoms with van der Waals surface area (Å²) >= 11 is 5.80. The minimum absolute atomic E-state index is 0.147. The molecule has 0 aliphatic heterocycles. The normalized spacial score (nSPS) is 12.3. The van der Waals surface area contributed by atoms with Crippen LogP contribution in [0.15, 0.2) is 18.2 Å². The van der Waals surface area contributed by atoms with Crippen molar-refractivity contribution in [3.05, 3.63) is 28.8 Å². The molecule has 76 valence electrons. The average molecular weight is 214 g/mol. The predicted octanol–water partition coefficient (Wildman–Crippen LogP) is 1.88. The molecule has 0 amide bonds. The van der Waals surface area contributed by atoms with E-state index in [2.05, 4.69) is 0 Å². The first-order valence-electron chi connectivity index (χ1n) is 4.19. The van der Waals surface area contributed by atoms with Crippen LogP contribution in [0.1, 0.15) is 17.3 Å². The number of ether oxygens (including phenoxy) is 1. The molecule has 14 heavy (non-hydrogen) atoms. The predicted molar refractivity (Wildman–Crippen MR) is 56.0 cm³/mol. The standard InChI is InChI=1S/C10H12ClNO2/c1-6(12)10(13)7-3-8(11)5-9(4-7)14-2/h3-6H,12H2,1-2H3. The maximum Gasteiger partial charge on any atom is 0.179 e. The van der Waals surface area contributed by atoms with Crippen molar-refractivity contribution < 1.29 is 9.53 Å².